The van der Waals surface area contributed by atoms with E-state index in [0.717, 1.165) is 4.47 Å². The number of rotatable bonds is 4. The van der Waals surface area contributed by atoms with E-state index in [1.165, 1.54) is 37.9 Å². The Morgan fingerprint density at radius 2 is 2.12 bits per heavy atom. The minimum atomic E-state index is 0.520. The van der Waals surface area contributed by atoms with Crippen molar-refractivity contribution in [3.8, 4) is 0 Å². The van der Waals surface area contributed by atoms with Gasteiger partial charge in [-0.2, -0.15) is 0 Å². The fourth-order valence-electron chi connectivity index (χ4n) is 2.44. The molecule has 2 unspecified atom stereocenters. The molecule has 1 aromatic rings. The smallest absolute Gasteiger partial charge is 0.0342 e. The number of piperidine rings is 1. The normalized spacial score (nSPS) is 22.1. The monoisotopic (exact) mass is 296 g/mol. The van der Waals surface area contributed by atoms with Crippen LogP contribution in [0.5, 0.6) is 0 Å². The summed E-state index contributed by atoms with van der Waals surface area (Å²) in [6, 6.07) is 9.61. The Bertz CT molecular complexity index is 331. The molecule has 2 rings (SSSR count). The molecule has 2 N–H and O–H groups in total. The molecule has 0 bridgehead atoms. The van der Waals surface area contributed by atoms with Crippen molar-refractivity contribution >= 4 is 21.6 Å². The molecule has 17 heavy (non-hydrogen) atoms. The predicted octanol–water partition coefficient (Wildman–Crippen LogP) is 3.78. The molecule has 2 nitrogen and oxygen atoms in total. The Morgan fingerprint density at radius 1 is 1.35 bits per heavy atom. The SMILES string of the molecule is CC(CC1CCCCN1)Nc1ccc(Br)cc1. The number of nitrogens with one attached hydrogen (secondary N) is 2. The lowest BCUT2D eigenvalue weighted by Gasteiger charge is -2.27. The van der Waals surface area contributed by atoms with E-state index < -0.39 is 0 Å². The van der Waals surface area contributed by atoms with Crippen molar-refractivity contribution in [2.75, 3.05) is 11.9 Å². The molecular weight excluding hydrogens is 276 g/mol. The molecule has 0 amide bonds. The van der Waals surface area contributed by atoms with Crippen LogP contribution in [0.25, 0.3) is 0 Å². The topological polar surface area (TPSA) is 24.1 Å². The number of halogens is 1. The van der Waals surface area contributed by atoms with Crippen LogP contribution in [0.3, 0.4) is 0 Å². The van der Waals surface area contributed by atoms with Crippen LogP contribution in [-0.2, 0) is 0 Å². The Balaban J connectivity index is 1.79. The Hall–Kier alpha value is -0.540. The van der Waals surface area contributed by atoms with Gasteiger partial charge < -0.3 is 10.6 Å². The van der Waals surface area contributed by atoms with Crippen LogP contribution >= 0.6 is 15.9 Å². The van der Waals surface area contributed by atoms with Gasteiger partial charge in [0.05, 0.1) is 0 Å². The maximum atomic E-state index is 3.60. The van der Waals surface area contributed by atoms with Crippen LogP contribution in [0.2, 0.25) is 0 Å². The van der Waals surface area contributed by atoms with Gasteiger partial charge in [0, 0.05) is 22.2 Å². The van der Waals surface area contributed by atoms with Crippen LogP contribution in [0.4, 0.5) is 5.69 Å². The minimum Gasteiger partial charge on any atom is -0.383 e. The van der Waals surface area contributed by atoms with Crippen LogP contribution in [0.1, 0.15) is 32.6 Å². The Morgan fingerprint density at radius 3 is 2.76 bits per heavy atom. The summed E-state index contributed by atoms with van der Waals surface area (Å²) in [6.45, 7) is 3.45. The lowest BCUT2D eigenvalue weighted by Crippen LogP contribution is -2.37. The second-order valence-electron chi connectivity index (χ2n) is 4.93. The van der Waals surface area contributed by atoms with Crippen molar-refractivity contribution in [3.05, 3.63) is 28.7 Å². The summed E-state index contributed by atoms with van der Waals surface area (Å²) in [6.07, 6.45) is 5.25. The zero-order valence-electron chi connectivity index (χ0n) is 10.4. The van der Waals surface area contributed by atoms with E-state index in [9.17, 15) is 0 Å². The summed E-state index contributed by atoms with van der Waals surface area (Å²) in [5.74, 6) is 0. The molecule has 1 aromatic carbocycles. The number of hydrogen-bond acceptors (Lipinski definition) is 2. The standard InChI is InChI=1S/C14H21BrN2/c1-11(10-14-4-2-3-9-16-14)17-13-7-5-12(15)6-8-13/h5-8,11,14,16-17H,2-4,9-10H2,1H3. The molecule has 3 heteroatoms. The highest BCUT2D eigenvalue weighted by atomic mass is 79.9. The van der Waals surface area contributed by atoms with Crippen molar-refractivity contribution < 1.29 is 0 Å². The first-order chi connectivity index (χ1) is 8.24. The van der Waals surface area contributed by atoms with E-state index in [1.807, 2.05) is 0 Å². The van der Waals surface area contributed by atoms with Crippen LogP contribution in [0.15, 0.2) is 28.7 Å². The summed E-state index contributed by atoms with van der Waals surface area (Å²) in [5.41, 5.74) is 1.21. The van der Waals surface area contributed by atoms with E-state index in [4.69, 9.17) is 0 Å². The molecule has 0 spiro atoms. The third-order valence-electron chi connectivity index (χ3n) is 3.31. The largest absolute Gasteiger partial charge is 0.383 e. The van der Waals surface area contributed by atoms with Crippen LogP contribution in [0, 0.1) is 0 Å². The molecule has 1 saturated heterocycles. The van der Waals surface area contributed by atoms with Crippen molar-refractivity contribution in [2.45, 2.75) is 44.7 Å². The molecule has 1 aliphatic heterocycles. The first-order valence-corrected chi connectivity index (χ1v) is 7.29. The summed E-state index contributed by atoms with van der Waals surface area (Å²) >= 11 is 3.45. The summed E-state index contributed by atoms with van der Waals surface area (Å²) in [4.78, 5) is 0. The van der Waals surface area contributed by atoms with Gasteiger partial charge in [0.25, 0.3) is 0 Å². The third kappa shape index (κ3) is 4.32. The summed E-state index contributed by atoms with van der Waals surface area (Å²) in [5, 5.41) is 7.15. The molecule has 0 saturated carbocycles. The van der Waals surface area contributed by atoms with E-state index >= 15 is 0 Å². The fraction of sp³-hybridized carbons (Fsp3) is 0.571. The van der Waals surface area contributed by atoms with Crippen molar-refractivity contribution in [3.63, 3.8) is 0 Å². The lowest BCUT2D eigenvalue weighted by atomic mass is 9.99. The van der Waals surface area contributed by atoms with E-state index in [0.29, 0.717) is 12.1 Å². The van der Waals surface area contributed by atoms with Gasteiger partial charge in [-0.1, -0.05) is 22.4 Å². The first kappa shape index (κ1) is 12.9. The highest BCUT2D eigenvalue weighted by Crippen LogP contribution is 2.17. The molecule has 0 radical (unpaired) electrons. The van der Waals surface area contributed by atoms with Gasteiger partial charge in [-0.3, -0.25) is 0 Å². The highest BCUT2D eigenvalue weighted by molar-refractivity contribution is 9.10. The maximum Gasteiger partial charge on any atom is 0.0342 e. The molecule has 2 atom stereocenters. The fourth-order valence-corrected chi connectivity index (χ4v) is 2.71. The first-order valence-electron chi connectivity index (χ1n) is 6.49. The average molecular weight is 297 g/mol. The molecule has 1 fully saturated rings. The second-order valence-corrected chi connectivity index (χ2v) is 5.85. The average Bonchev–Trinajstić information content (AvgIpc) is 2.33. The lowest BCUT2D eigenvalue weighted by molar-refractivity contribution is 0.371. The number of hydrogen-bond donors (Lipinski definition) is 2. The van der Waals surface area contributed by atoms with E-state index in [2.05, 4.69) is 57.8 Å². The van der Waals surface area contributed by atoms with Gasteiger partial charge in [0.1, 0.15) is 0 Å². The van der Waals surface area contributed by atoms with Crippen molar-refractivity contribution in [1.82, 2.24) is 5.32 Å². The maximum absolute atomic E-state index is 3.60. The Labute approximate surface area is 112 Å². The van der Waals surface area contributed by atoms with Gasteiger partial charge in [-0.25, -0.2) is 0 Å². The summed E-state index contributed by atoms with van der Waals surface area (Å²) in [7, 11) is 0. The third-order valence-corrected chi connectivity index (χ3v) is 3.84. The zero-order valence-corrected chi connectivity index (χ0v) is 12.0. The van der Waals surface area contributed by atoms with Crippen molar-refractivity contribution in [2.24, 2.45) is 0 Å². The quantitative estimate of drug-likeness (QED) is 0.883. The van der Waals surface area contributed by atoms with Crippen LogP contribution in [-0.4, -0.2) is 18.6 Å². The van der Waals surface area contributed by atoms with E-state index in [-0.39, 0.29) is 0 Å². The number of anilines is 1. The molecule has 0 aromatic heterocycles. The summed E-state index contributed by atoms with van der Waals surface area (Å²) < 4.78 is 1.13. The van der Waals surface area contributed by atoms with E-state index in [1.54, 1.807) is 0 Å². The van der Waals surface area contributed by atoms with Gasteiger partial charge in [-0.15, -0.1) is 0 Å². The van der Waals surface area contributed by atoms with Gasteiger partial charge >= 0.3 is 0 Å². The predicted molar refractivity (Wildman–Crippen MR) is 77.5 cm³/mol. The van der Waals surface area contributed by atoms with Gasteiger partial charge in [0.2, 0.25) is 0 Å². The number of benzene rings is 1. The van der Waals surface area contributed by atoms with Gasteiger partial charge in [0.15, 0.2) is 0 Å². The molecular formula is C14H21BrN2. The molecule has 94 valence electrons. The van der Waals surface area contributed by atoms with Crippen LogP contribution < -0.4 is 10.6 Å². The van der Waals surface area contributed by atoms with Gasteiger partial charge in [-0.05, 0) is 57.0 Å². The second kappa shape index (κ2) is 6.41. The molecule has 0 aliphatic carbocycles. The zero-order chi connectivity index (χ0) is 12.1. The minimum absolute atomic E-state index is 0.520. The molecule has 1 heterocycles. The highest BCUT2D eigenvalue weighted by Gasteiger charge is 2.15. The van der Waals surface area contributed by atoms with Crippen molar-refractivity contribution in [1.29, 1.82) is 0 Å². The Kier molecular flexibility index (Phi) is 4.86. The molecule has 1 aliphatic rings.